The highest BCUT2D eigenvalue weighted by atomic mass is 32.1. The van der Waals surface area contributed by atoms with Crippen LogP contribution in [0.1, 0.15) is 27.2 Å². The molecule has 2 heterocycles. The van der Waals surface area contributed by atoms with Gasteiger partial charge in [0, 0.05) is 16.8 Å². The molecule has 0 unspecified atom stereocenters. The molecule has 1 aromatic rings. The predicted molar refractivity (Wildman–Crippen MR) is 51.3 cm³/mol. The van der Waals surface area contributed by atoms with E-state index in [1.54, 1.807) is 16.7 Å². The van der Waals surface area contributed by atoms with E-state index in [2.05, 4.69) is 5.32 Å². The molecular weight excluding hydrogens is 186 g/mol. The number of carboxylic acid groups (broad SMARTS) is 1. The van der Waals surface area contributed by atoms with Crippen molar-refractivity contribution < 1.29 is 9.90 Å². The van der Waals surface area contributed by atoms with E-state index in [9.17, 15) is 4.79 Å². The Balaban J connectivity index is 2.39. The van der Waals surface area contributed by atoms with Gasteiger partial charge in [0.15, 0.2) is 0 Å². The van der Waals surface area contributed by atoms with Gasteiger partial charge in [-0.3, -0.25) is 0 Å². The Bertz CT molecular complexity index is 332. The van der Waals surface area contributed by atoms with E-state index in [1.807, 2.05) is 0 Å². The summed E-state index contributed by atoms with van der Waals surface area (Å²) >= 11 is 1.55. The number of hydrogen-bond donors (Lipinski definition) is 2. The fourth-order valence-electron chi connectivity index (χ4n) is 1.62. The first-order chi connectivity index (χ1) is 6.29. The van der Waals surface area contributed by atoms with Crippen molar-refractivity contribution >= 4 is 17.3 Å². The molecule has 4 heteroatoms. The van der Waals surface area contributed by atoms with Crippen molar-refractivity contribution in [3.05, 3.63) is 21.4 Å². The average Bonchev–Trinajstić information content (AvgIpc) is 2.36. The molecule has 2 N–H and O–H groups in total. The van der Waals surface area contributed by atoms with E-state index in [-0.39, 0.29) is 0 Å². The van der Waals surface area contributed by atoms with Crippen molar-refractivity contribution in [3.63, 3.8) is 0 Å². The van der Waals surface area contributed by atoms with Gasteiger partial charge in [0.05, 0.1) is 5.56 Å². The van der Waals surface area contributed by atoms with Crippen LogP contribution < -0.4 is 5.32 Å². The monoisotopic (exact) mass is 197 g/mol. The molecule has 0 aromatic carbocycles. The Kier molecular flexibility index (Phi) is 2.33. The van der Waals surface area contributed by atoms with E-state index in [1.165, 1.54) is 4.88 Å². The standard InChI is InChI=1S/C9H11NO2S/c11-9(12)7-5-13-8-4-10-3-1-2-6(7)8/h5,10H,1-4H2,(H,11,12). The van der Waals surface area contributed by atoms with Crippen LogP contribution in [0.3, 0.4) is 0 Å². The van der Waals surface area contributed by atoms with Crippen LogP contribution in [0.15, 0.2) is 5.38 Å². The molecule has 0 fully saturated rings. The second kappa shape index (κ2) is 3.47. The normalized spacial score (nSPS) is 16.3. The quantitative estimate of drug-likeness (QED) is 0.717. The molecule has 0 amide bonds. The van der Waals surface area contributed by atoms with E-state index >= 15 is 0 Å². The van der Waals surface area contributed by atoms with Crippen molar-refractivity contribution in [1.82, 2.24) is 5.32 Å². The van der Waals surface area contributed by atoms with E-state index in [0.717, 1.165) is 31.5 Å². The Morgan fingerprint density at radius 2 is 2.46 bits per heavy atom. The number of rotatable bonds is 1. The molecule has 0 atom stereocenters. The average molecular weight is 197 g/mol. The van der Waals surface area contributed by atoms with Gasteiger partial charge in [0.1, 0.15) is 0 Å². The largest absolute Gasteiger partial charge is 0.478 e. The number of fused-ring (bicyclic) bond motifs is 1. The third kappa shape index (κ3) is 1.59. The summed E-state index contributed by atoms with van der Waals surface area (Å²) < 4.78 is 0. The maximum atomic E-state index is 10.8. The highest BCUT2D eigenvalue weighted by Gasteiger charge is 2.17. The van der Waals surface area contributed by atoms with Gasteiger partial charge < -0.3 is 10.4 Å². The highest BCUT2D eigenvalue weighted by molar-refractivity contribution is 7.10. The van der Waals surface area contributed by atoms with Crippen LogP contribution in [-0.2, 0) is 13.0 Å². The molecule has 2 rings (SSSR count). The third-order valence-electron chi connectivity index (χ3n) is 2.28. The second-order valence-corrected chi connectivity index (χ2v) is 4.10. The van der Waals surface area contributed by atoms with Gasteiger partial charge in [-0.05, 0) is 24.9 Å². The summed E-state index contributed by atoms with van der Waals surface area (Å²) in [4.78, 5) is 12.0. The number of nitrogens with one attached hydrogen (secondary N) is 1. The number of thiophene rings is 1. The van der Waals surface area contributed by atoms with E-state index in [4.69, 9.17) is 5.11 Å². The first kappa shape index (κ1) is 8.72. The Labute approximate surface area is 80.4 Å². The zero-order valence-corrected chi connectivity index (χ0v) is 7.99. The minimum Gasteiger partial charge on any atom is -0.478 e. The Hall–Kier alpha value is -0.870. The molecule has 1 aromatic heterocycles. The topological polar surface area (TPSA) is 49.3 Å². The zero-order chi connectivity index (χ0) is 9.26. The molecule has 0 saturated carbocycles. The maximum Gasteiger partial charge on any atom is 0.336 e. The van der Waals surface area contributed by atoms with Crippen molar-refractivity contribution in [2.45, 2.75) is 19.4 Å². The molecule has 13 heavy (non-hydrogen) atoms. The summed E-state index contributed by atoms with van der Waals surface area (Å²) in [5.41, 5.74) is 1.55. The summed E-state index contributed by atoms with van der Waals surface area (Å²) in [5.74, 6) is -0.792. The van der Waals surface area contributed by atoms with Crippen molar-refractivity contribution in [2.24, 2.45) is 0 Å². The van der Waals surface area contributed by atoms with Crippen molar-refractivity contribution in [3.8, 4) is 0 Å². The minimum atomic E-state index is -0.792. The van der Waals surface area contributed by atoms with Gasteiger partial charge in [-0.25, -0.2) is 4.79 Å². The molecular formula is C9H11NO2S. The highest BCUT2D eigenvalue weighted by Crippen LogP contribution is 2.25. The molecule has 0 radical (unpaired) electrons. The van der Waals surface area contributed by atoms with E-state index < -0.39 is 5.97 Å². The number of hydrogen-bond acceptors (Lipinski definition) is 3. The number of aromatic carboxylic acids is 1. The van der Waals surface area contributed by atoms with Gasteiger partial charge in [-0.1, -0.05) is 0 Å². The van der Waals surface area contributed by atoms with Crippen molar-refractivity contribution in [1.29, 1.82) is 0 Å². The van der Waals surface area contributed by atoms with Crippen LogP contribution in [0.4, 0.5) is 0 Å². The van der Waals surface area contributed by atoms with Crippen LogP contribution in [0.25, 0.3) is 0 Å². The lowest BCUT2D eigenvalue weighted by molar-refractivity contribution is 0.0696. The first-order valence-corrected chi connectivity index (χ1v) is 5.20. The number of carboxylic acids is 1. The minimum absolute atomic E-state index is 0.503. The van der Waals surface area contributed by atoms with Crippen LogP contribution in [0.5, 0.6) is 0 Å². The smallest absolute Gasteiger partial charge is 0.336 e. The lowest BCUT2D eigenvalue weighted by atomic mass is 10.1. The van der Waals surface area contributed by atoms with Gasteiger partial charge in [-0.15, -0.1) is 11.3 Å². The van der Waals surface area contributed by atoms with Gasteiger partial charge >= 0.3 is 5.97 Å². The maximum absolute atomic E-state index is 10.8. The first-order valence-electron chi connectivity index (χ1n) is 4.32. The molecule has 70 valence electrons. The van der Waals surface area contributed by atoms with Crippen LogP contribution in [-0.4, -0.2) is 17.6 Å². The third-order valence-corrected chi connectivity index (χ3v) is 3.31. The summed E-state index contributed by atoms with van der Waals surface area (Å²) in [6, 6.07) is 0. The Morgan fingerprint density at radius 1 is 1.62 bits per heavy atom. The second-order valence-electron chi connectivity index (χ2n) is 3.14. The molecule has 1 aliphatic heterocycles. The molecule has 0 aliphatic carbocycles. The Morgan fingerprint density at radius 3 is 3.23 bits per heavy atom. The lowest BCUT2D eigenvalue weighted by Gasteiger charge is -1.98. The van der Waals surface area contributed by atoms with Crippen LogP contribution in [0.2, 0.25) is 0 Å². The van der Waals surface area contributed by atoms with Crippen LogP contribution >= 0.6 is 11.3 Å². The summed E-state index contributed by atoms with van der Waals surface area (Å²) in [6.07, 6.45) is 1.93. The molecule has 0 saturated heterocycles. The van der Waals surface area contributed by atoms with Crippen molar-refractivity contribution in [2.75, 3.05) is 6.54 Å². The fraction of sp³-hybridized carbons (Fsp3) is 0.444. The summed E-state index contributed by atoms with van der Waals surface area (Å²) in [5, 5.41) is 13.9. The summed E-state index contributed by atoms with van der Waals surface area (Å²) in [6.45, 7) is 1.81. The summed E-state index contributed by atoms with van der Waals surface area (Å²) in [7, 11) is 0. The molecule has 1 aliphatic rings. The molecule has 0 bridgehead atoms. The lowest BCUT2D eigenvalue weighted by Crippen LogP contribution is -2.11. The zero-order valence-electron chi connectivity index (χ0n) is 7.17. The number of carbonyl (C=O) groups is 1. The molecule has 3 nitrogen and oxygen atoms in total. The SMILES string of the molecule is O=C(O)c1csc2c1CCCNC2. The molecule has 0 spiro atoms. The predicted octanol–water partition coefficient (Wildman–Crippen LogP) is 1.48. The van der Waals surface area contributed by atoms with Gasteiger partial charge in [-0.2, -0.15) is 0 Å². The van der Waals surface area contributed by atoms with Gasteiger partial charge in [0.2, 0.25) is 0 Å². The van der Waals surface area contributed by atoms with Gasteiger partial charge in [0.25, 0.3) is 0 Å². The van der Waals surface area contributed by atoms with Crippen LogP contribution in [0, 0.1) is 0 Å². The fourth-order valence-corrected chi connectivity index (χ4v) is 2.66. The van der Waals surface area contributed by atoms with E-state index in [0.29, 0.717) is 5.56 Å².